The Bertz CT molecular complexity index is 554. The van der Waals surface area contributed by atoms with Crippen LogP contribution < -0.4 is 10.5 Å². The van der Waals surface area contributed by atoms with Crippen LogP contribution >= 0.6 is 0 Å². The molecule has 0 saturated heterocycles. The van der Waals surface area contributed by atoms with Crippen LogP contribution in [0.5, 0.6) is 5.75 Å². The fraction of sp³-hybridized carbons (Fsp3) is 0.786. The lowest BCUT2D eigenvalue weighted by molar-refractivity contribution is 0.274. The Labute approximate surface area is 188 Å². The fourth-order valence-electron chi connectivity index (χ4n) is 4.30. The molecule has 0 bridgehead atoms. The van der Waals surface area contributed by atoms with Crippen molar-refractivity contribution in [3.8, 4) is 5.75 Å². The van der Waals surface area contributed by atoms with Crippen LogP contribution in [0.4, 0.5) is 0 Å². The first kappa shape index (κ1) is 27.0. The second-order valence-corrected chi connectivity index (χ2v) is 10.4. The maximum atomic E-state index is 5.96. The van der Waals surface area contributed by atoms with Crippen molar-refractivity contribution < 1.29 is 4.74 Å². The molecule has 0 amide bonds. The summed E-state index contributed by atoms with van der Waals surface area (Å²) in [4.78, 5) is 0. The highest BCUT2D eigenvalue weighted by molar-refractivity contribution is 5.34. The van der Waals surface area contributed by atoms with Crippen molar-refractivity contribution in [2.45, 2.75) is 112 Å². The molecule has 2 nitrogen and oxygen atoms in total. The van der Waals surface area contributed by atoms with E-state index in [9.17, 15) is 0 Å². The minimum Gasteiger partial charge on any atom is -0.494 e. The predicted molar refractivity (Wildman–Crippen MR) is 133 cm³/mol. The summed E-state index contributed by atoms with van der Waals surface area (Å²) < 4.78 is 5.96. The van der Waals surface area contributed by atoms with Crippen molar-refractivity contribution in [3.05, 3.63) is 29.3 Å². The van der Waals surface area contributed by atoms with Crippen LogP contribution in [-0.2, 0) is 6.54 Å². The van der Waals surface area contributed by atoms with Gasteiger partial charge in [-0.1, -0.05) is 98.5 Å². The van der Waals surface area contributed by atoms with Crippen molar-refractivity contribution >= 4 is 0 Å². The van der Waals surface area contributed by atoms with Crippen molar-refractivity contribution in [1.29, 1.82) is 0 Å². The lowest BCUT2D eigenvalue weighted by Gasteiger charge is -2.16. The SMILES string of the molecule is Cc1cc(OCCC(C)CCC[C@H](C)CCC[C@H](C)CCCC(C)C)ccc1CN. The van der Waals surface area contributed by atoms with E-state index in [0.29, 0.717) is 6.54 Å². The van der Waals surface area contributed by atoms with Gasteiger partial charge in [-0.3, -0.25) is 0 Å². The van der Waals surface area contributed by atoms with E-state index in [1.54, 1.807) is 0 Å². The van der Waals surface area contributed by atoms with Crippen molar-refractivity contribution in [3.63, 3.8) is 0 Å². The number of benzene rings is 1. The highest BCUT2D eigenvalue weighted by Crippen LogP contribution is 2.23. The maximum absolute atomic E-state index is 5.96. The van der Waals surface area contributed by atoms with E-state index in [-0.39, 0.29) is 0 Å². The number of aryl methyl sites for hydroxylation is 1. The second kappa shape index (κ2) is 15.7. The molecule has 3 atom stereocenters. The third-order valence-corrected chi connectivity index (χ3v) is 6.68. The zero-order valence-electron chi connectivity index (χ0n) is 21.0. The van der Waals surface area contributed by atoms with E-state index in [1.165, 1.54) is 68.9 Å². The van der Waals surface area contributed by atoms with Gasteiger partial charge in [0.2, 0.25) is 0 Å². The smallest absolute Gasteiger partial charge is 0.119 e. The first-order valence-corrected chi connectivity index (χ1v) is 12.7. The van der Waals surface area contributed by atoms with E-state index in [1.807, 2.05) is 6.07 Å². The molecule has 0 aliphatic rings. The third-order valence-electron chi connectivity index (χ3n) is 6.68. The number of ether oxygens (including phenoxy) is 1. The molecule has 174 valence electrons. The minimum atomic E-state index is 0.596. The molecule has 0 fully saturated rings. The topological polar surface area (TPSA) is 35.2 Å². The van der Waals surface area contributed by atoms with Gasteiger partial charge in [0.25, 0.3) is 0 Å². The van der Waals surface area contributed by atoms with Gasteiger partial charge in [0.15, 0.2) is 0 Å². The van der Waals surface area contributed by atoms with Crippen molar-refractivity contribution in [2.24, 2.45) is 29.4 Å². The van der Waals surface area contributed by atoms with Gasteiger partial charge in [-0.05, 0) is 60.3 Å². The van der Waals surface area contributed by atoms with Gasteiger partial charge in [0, 0.05) is 6.54 Å². The first-order chi connectivity index (χ1) is 14.3. The standard InChI is InChI=1S/C28H51NO/c1-22(2)10-7-11-23(3)12-8-13-24(4)14-9-15-25(5)18-19-30-28-17-16-27(21-29)26(6)20-28/h16-17,20,22-25H,7-15,18-19,21,29H2,1-6H3/t23-,24-,25?/m1/s1. The molecule has 2 heteroatoms. The molecule has 0 aliphatic heterocycles. The molecule has 0 spiro atoms. The van der Waals surface area contributed by atoms with Crippen LogP contribution in [0.3, 0.4) is 0 Å². The molecule has 2 N–H and O–H groups in total. The zero-order chi connectivity index (χ0) is 22.4. The van der Waals surface area contributed by atoms with Gasteiger partial charge in [0.05, 0.1) is 6.61 Å². The molecular weight excluding hydrogens is 366 g/mol. The van der Waals surface area contributed by atoms with E-state index in [2.05, 4.69) is 53.7 Å². The van der Waals surface area contributed by atoms with Crippen LogP contribution in [0.1, 0.15) is 110 Å². The predicted octanol–water partition coefficient (Wildman–Crippen LogP) is 8.30. The molecule has 0 saturated carbocycles. The normalized spacial score (nSPS) is 14.7. The fourth-order valence-corrected chi connectivity index (χ4v) is 4.30. The number of hydrogen-bond acceptors (Lipinski definition) is 2. The quantitative estimate of drug-likeness (QED) is 0.276. The molecule has 0 aromatic heterocycles. The minimum absolute atomic E-state index is 0.596. The third kappa shape index (κ3) is 12.6. The largest absolute Gasteiger partial charge is 0.494 e. The lowest BCUT2D eigenvalue weighted by atomic mass is 9.91. The van der Waals surface area contributed by atoms with Gasteiger partial charge in [0.1, 0.15) is 5.75 Å². The van der Waals surface area contributed by atoms with E-state index in [4.69, 9.17) is 10.5 Å². The van der Waals surface area contributed by atoms with Crippen LogP contribution in [0.15, 0.2) is 18.2 Å². The highest BCUT2D eigenvalue weighted by atomic mass is 16.5. The number of nitrogens with two attached hydrogens (primary N) is 1. The summed E-state index contributed by atoms with van der Waals surface area (Å²) in [5, 5.41) is 0. The average molecular weight is 418 g/mol. The van der Waals surface area contributed by atoms with Gasteiger partial charge in [-0.25, -0.2) is 0 Å². The Balaban J connectivity index is 2.06. The van der Waals surface area contributed by atoms with Gasteiger partial charge < -0.3 is 10.5 Å². The van der Waals surface area contributed by atoms with Crippen LogP contribution in [0.25, 0.3) is 0 Å². The summed E-state index contributed by atoms with van der Waals surface area (Å²) in [6.45, 7) is 15.5. The molecule has 1 aromatic rings. The Morgan fingerprint density at radius 3 is 1.70 bits per heavy atom. The summed E-state index contributed by atoms with van der Waals surface area (Å²) in [5.74, 6) is 4.36. The maximum Gasteiger partial charge on any atom is 0.119 e. The van der Waals surface area contributed by atoms with Gasteiger partial charge in [-0.15, -0.1) is 0 Å². The summed E-state index contributed by atoms with van der Waals surface area (Å²) in [6, 6.07) is 6.24. The molecule has 1 unspecified atom stereocenters. The second-order valence-electron chi connectivity index (χ2n) is 10.4. The lowest BCUT2D eigenvalue weighted by Crippen LogP contribution is -2.06. The Morgan fingerprint density at radius 2 is 1.23 bits per heavy atom. The number of rotatable bonds is 17. The first-order valence-electron chi connectivity index (χ1n) is 12.7. The Hall–Kier alpha value is -1.02. The molecule has 1 rings (SSSR count). The highest BCUT2D eigenvalue weighted by Gasteiger charge is 2.09. The summed E-state index contributed by atoms with van der Waals surface area (Å²) >= 11 is 0. The molecule has 0 aliphatic carbocycles. The Kier molecular flexibility index (Phi) is 14.2. The number of hydrogen-bond donors (Lipinski definition) is 1. The van der Waals surface area contributed by atoms with Crippen molar-refractivity contribution in [1.82, 2.24) is 0 Å². The van der Waals surface area contributed by atoms with Crippen LogP contribution in [0.2, 0.25) is 0 Å². The summed E-state index contributed by atoms with van der Waals surface area (Å²) in [5.41, 5.74) is 8.16. The van der Waals surface area contributed by atoms with Crippen molar-refractivity contribution in [2.75, 3.05) is 6.61 Å². The average Bonchev–Trinajstić information content (AvgIpc) is 2.68. The molecule has 0 heterocycles. The molecule has 1 aromatic carbocycles. The zero-order valence-corrected chi connectivity index (χ0v) is 21.0. The van der Waals surface area contributed by atoms with Crippen LogP contribution in [-0.4, -0.2) is 6.61 Å². The monoisotopic (exact) mass is 417 g/mol. The Morgan fingerprint density at radius 1 is 0.733 bits per heavy atom. The van der Waals surface area contributed by atoms with Crippen LogP contribution in [0, 0.1) is 30.6 Å². The van der Waals surface area contributed by atoms with E-state index >= 15 is 0 Å². The van der Waals surface area contributed by atoms with Gasteiger partial charge >= 0.3 is 0 Å². The molecule has 0 radical (unpaired) electrons. The van der Waals surface area contributed by atoms with Gasteiger partial charge in [-0.2, -0.15) is 0 Å². The van der Waals surface area contributed by atoms with E-state index < -0.39 is 0 Å². The molecular formula is C28H51NO. The van der Waals surface area contributed by atoms with E-state index in [0.717, 1.165) is 42.4 Å². The summed E-state index contributed by atoms with van der Waals surface area (Å²) in [7, 11) is 0. The summed E-state index contributed by atoms with van der Waals surface area (Å²) in [6.07, 6.45) is 13.7. The molecule has 30 heavy (non-hydrogen) atoms.